The van der Waals surface area contributed by atoms with Crippen molar-refractivity contribution in [2.45, 2.75) is 0 Å². The normalized spacial score (nSPS) is 21.5. The summed E-state index contributed by atoms with van der Waals surface area (Å²) in [5.41, 5.74) is 0.463. The first-order valence-electron chi connectivity index (χ1n) is 2.93. The maximum absolute atomic E-state index is 10.9. The predicted molar refractivity (Wildman–Crippen MR) is 47.3 cm³/mol. The molecule has 3 nitrogen and oxygen atoms in total. The molecule has 0 bridgehead atoms. The van der Waals surface area contributed by atoms with E-state index in [9.17, 15) is 9.59 Å². The van der Waals surface area contributed by atoms with Gasteiger partial charge in [-0.25, -0.2) is 9.59 Å². The summed E-state index contributed by atoms with van der Waals surface area (Å²) in [5.74, 6) is -0.938. The lowest BCUT2D eigenvalue weighted by molar-refractivity contribution is -0.148. The molecule has 1 saturated heterocycles. The van der Waals surface area contributed by atoms with Crippen LogP contribution in [0.1, 0.15) is 0 Å². The van der Waals surface area contributed by atoms with Crippen molar-refractivity contribution in [1.29, 1.82) is 0 Å². The maximum Gasteiger partial charge on any atom is 0.352 e. The quantitative estimate of drug-likeness (QED) is 0.366. The number of cyclic esters (lactones) is 2. The SMILES string of the molecule is O=C1OC(=O)C2=IC=CC=C12. The van der Waals surface area contributed by atoms with Crippen LogP contribution in [-0.2, 0) is 14.3 Å². The van der Waals surface area contributed by atoms with Gasteiger partial charge in [0.2, 0.25) is 0 Å². The summed E-state index contributed by atoms with van der Waals surface area (Å²) in [6, 6.07) is 0. The maximum atomic E-state index is 10.9. The third-order valence-corrected chi connectivity index (χ3v) is 3.75. The zero-order chi connectivity index (χ0) is 7.84. The highest BCUT2D eigenvalue weighted by Crippen LogP contribution is 2.23. The van der Waals surface area contributed by atoms with Crippen molar-refractivity contribution in [3.05, 3.63) is 21.8 Å². The number of hydrogen-bond acceptors (Lipinski definition) is 3. The Morgan fingerprint density at radius 2 is 2.09 bits per heavy atom. The number of carbonyl (C=O) groups excluding carboxylic acids is 2. The highest BCUT2D eigenvalue weighted by molar-refractivity contribution is 14.2. The largest absolute Gasteiger partial charge is 0.385 e. The van der Waals surface area contributed by atoms with E-state index in [1.807, 2.05) is 4.08 Å². The highest BCUT2D eigenvalue weighted by atomic mass is 127. The minimum Gasteiger partial charge on any atom is -0.385 e. The number of fused-ring (bicyclic) bond motifs is 1. The molecule has 56 valence electrons. The molecule has 0 unspecified atom stereocenters. The molecule has 0 saturated carbocycles. The molecule has 0 aliphatic carbocycles. The average Bonchev–Trinajstić information content (AvgIpc) is 2.30. The number of rotatable bonds is 0. The molecule has 0 atom stereocenters. The number of carbonyl (C=O) groups is 2. The van der Waals surface area contributed by atoms with Crippen LogP contribution in [0.5, 0.6) is 0 Å². The number of halogens is 1. The van der Waals surface area contributed by atoms with Gasteiger partial charge in [-0.2, -0.15) is 0 Å². The standard InChI is InChI=1S/C7H3IO3/c9-6-4-2-1-3-8-5(4)7(10)11-6/h1-3H. The van der Waals surface area contributed by atoms with Crippen LogP contribution >= 0.6 is 20.7 Å². The van der Waals surface area contributed by atoms with Crippen molar-refractivity contribution in [1.82, 2.24) is 0 Å². The van der Waals surface area contributed by atoms with Crippen LogP contribution in [0.15, 0.2) is 21.8 Å². The Bertz CT molecular complexity index is 304. The smallest absolute Gasteiger partial charge is 0.352 e. The molecule has 0 amide bonds. The monoisotopic (exact) mass is 262 g/mol. The summed E-state index contributed by atoms with van der Waals surface area (Å²) in [4.78, 5) is 21.8. The summed E-state index contributed by atoms with van der Waals surface area (Å²) in [6.07, 6.45) is 3.43. The molecule has 2 aliphatic rings. The van der Waals surface area contributed by atoms with E-state index >= 15 is 0 Å². The first-order valence-corrected chi connectivity index (χ1v) is 5.25. The molecule has 2 aliphatic heterocycles. The van der Waals surface area contributed by atoms with Crippen LogP contribution in [-0.4, -0.2) is 15.4 Å². The van der Waals surface area contributed by atoms with E-state index in [-0.39, 0.29) is 0 Å². The van der Waals surface area contributed by atoms with Gasteiger partial charge in [0.25, 0.3) is 0 Å². The predicted octanol–water partition coefficient (Wildman–Crippen LogP) is 0.667. The Labute approximate surface area is 72.5 Å². The Morgan fingerprint density at radius 1 is 1.27 bits per heavy atom. The molecular formula is C7H3IO3. The molecule has 2 heterocycles. The first kappa shape index (κ1) is 6.90. The molecule has 11 heavy (non-hydrogen) atoms. The van der Waals surface area contributed by atoms with E-state index in [1.54, 1.807) is 12.2 Å². The second-order valence-electron chi connectivity index (χ2n) is 2.00. The second-order valence-corrected chi connectivity index (χ2v) is 4.42. The van der Waals surface area contributed by atoms with Crippen LogP contribution < -0.4 is 0 Å². The molecule has 0 aromatic carbocycles. The summed E-state index contributed by atoms with van der Waals surface area (Å²) in [7, 11) is 0. The summed E-state index contributed by atoms with van der Waals surface area (Å²) < 4.78 is 6.93. The lowest BCUT2D eigenvalue weighted by atomic mass is 10.2. The van der Waals surface area contributed by atoms with Crippen LogP contribution in [0.2, 0.25) is 0 Å². The van der Waals surface area contributed by atoms with Crippen molar-refractivity contribution in [2.75, 3.05) is 0 Å². The zero-order valence-electron chi connectivity index (χ0n) is 5.33. The third kappa shape index (κ3) is 0.973. The van der Waals surface area contributed by atoms with E-state index in [0.717, 1.165) is 0 Å². The van der Waals surface area contributed by atoms with Gasteiger partial charge in [-0.15, -0.1) is 0 Å². The van der Waals surface area contributed by atoms with Gasteiger partial charge in [0.15, 0.2) is 0 Å². The van der Waals surface area contributed by atoms with Gasteiger partial charge < -0.3 is 4.74 Å². The summed E-state index contributed by atoms with van der Waals surface area (Å²) in [5, 5.41) is 0. The molecule has 0 N–H and O–H groups in total. The van der Waals surface area contributed by atoms with Gasteiger partial charge >= 0.3 is 11.9 Å². The van der Waals surface area contributed by atoms with Crippen LogP contribution in [0.3, 0.4) is 0 Å². The van der Waals surface area contributed by atoms with Crippen LogP contribution in [0, 0.1) is 0 Å². The number of ether oxygens (including phenoxy) is 1. The van der Waals surface area contributed by atoms with Crippen LogP contribution in [0.4, 0.5) is 0 Å². The lowest BCUT2D eigenvalue weighted by Gasteiger charge is -1.91. The second kappa shape index (κ2) is 2.37. The molecule has 4 heteroatoms. The van der Waals surface area contributed by atoms with Crippen molar-refractivity contribution in [3.8, 4) is 0 Å². The molecular weight excluding hydrogens is 259 g/mol. The van der Waals surface area contributed by atoms with Crippen molar-refractivity contribution < 1.29 is 14.3 Å². The third-order valence-electron chi connectivity index (χ3n) is 1.33. The fourth-order valence-corrected chi connectivity index (χ4v) is 2.73. The fraction of sp³-hybridized carbons (Fsp3) is 0. The van der Waals surface area contributed by atoms with Gasteiger partial charge in [0.1, 0.15) is 3.51 Å². The van der Waals surface area contributed by atoms with Gasteiger partial charge in [0, 0.05) is 0 Å². The van der Waals surface area contributed by atoms with Crippen LogP contribution in [0.25, 0.3) is 0 Å². The lowest BCUT2D eigenvalue weighted by Crippen LogP contribution is -2.04. The Hall–Kier alpha value is -0.780. The number of esters is 2. The van der Waals surface area contributed by atoms with Crippen molar-refractivity contribution in [2.24, 2.45) is 0 Å². The minimum atomic E-state index is -0.492. The van der Waals surface area contributed by atoms with E-state index in [1.165, 1.54) is 0 Å². The Kier molecular flexibility index (Phi) is 1.49. The highest BCUT2D eigenvalue weighted by Gasteiger charge is 2.33. The summed E-state index contributed by atoms with van der Waals surface area (Å²) in [6.45, 7) is 0. The molecule has 1 fully saturated rings. The number of hydrogen-bond donors (Lipinski definition) is 0. The topological polar surface area (TPSA) is 43.4 Å². The Balaban J connectivity index is 2.59. The molecule has 0 aromatic rings. The van der Waals surface area contributed by atoms with Gasteiger partial charge in [-0.05, 0) is 10.2 Å². The van der Waals surface area contributed by atoms with Crippen molar-refractivity contribution >= 4 is 36.2 Å². The van der Waals surface area contributed by atoms with Gasteiger partial charge in [0.05, 0.1) is 5.57 Å². The minimum absolute atomic E-state index is 0.424. The van der Waals surface area contributed by atoms with Gasteiger partial charge in [-0.1, -0.05) is 26.8 Å². The van der Waals surface area contributed by atoms with E-state index < -0.39 is 32.7 Å². The molecule has 0 radical (unpaired) electrons. The number of allylic oxidation sites excluding steroid dienone is 2. The fourth-order valence-electron chi connectivity index (χ4n) is 0.860. The average molecular weight is 262 g/mol. The first-order chi connectivity index (χ1) is 5.29. The summed E-state index contributed by atoms with van der Waals surface area (Å²) >= 11 is -0.424. The van der Waals surface area contributed by atoms with E-state index in [0.29, 0.717) is 9.08 Å². The zero-order valence-corrected chi connectivity index (χ0v) is 7.49. The molecule has 0 spiro atoms. The molecule has 2 rings (SSSR count). The van der Waals surface area contributed by atoms with E-state index in [2.05, 4.69) is 4.74 Å². The van der Waals surface area contributed by atoms with Crippen molar-refractivity contribution in [3.63, 3.8) is 0 Å². The molecule has 0 aromatic heterocycles. The Morgan fingerprint density at radius 3 is 2.82 bits per heavy atom. The van der Waals surface area contributed by atoms with Gasteiger partial charge in [-0.3, -0.25) is 0 Å². The van der Waals surface area contributed by atoms with E-state index in [4.69, 9.17) is 0 Å².